The Bertz CT molecular complexity index is 586. The average Bonchev–Trinajstić information content (AvgIpc) is 2.49. The summed E-state index contributed by atoms with van der Waals surface area (Å²) in [7, 11) is 0. The first-order valence-electron chi connectivity index (χ1n) is 5.33. The highest BCUT2D eigenvalue weighted by Crippen LogP contribution is 2.22. The van der Waals surface area contributed by atoms with Crippen molar-refractivity contribution in [2.45, 2.75) is 0 Å². The Balaban J connectivity index is 2.05. The lowest BCUT2D eigenvalue weighted by molar-refractivity contribution is 0.869. The highest BCUT2D eigenvalue weighted by molar-refractivity contribution is 5.68. The minimum atomic E-state index is 0.772. The van der Waals surface area contributed by atoms with E-state index >= 15 is 0 Å². The molecule has 0 amide bonds. The summed E-state index contributed by atoms with van der Waals surface area (Å²) in [6.07, 6.45) is 3.22. The molecule has 0 fully saturated rings. The van der Waals surface area contributed by atoms with Gasteiger partial charge in [-0.15, -0.1) is 20.4 Å². The summed E-state index contributed by atoms with van der Waals surface area (Å²) in [5.74, 6) is 0. The SMILES string of the molecule is c1cc(-c2ccnnn2)cc(-c2ccnnn2)c1. The first-order valence-corrected chi connectivity index (χ1v) is 5.33. The van der Waals surface area contributed by atoms with E-state index in [4.69, 9.17) is 0 Å². The standard InChI is InChI=1S/C12H8N6/c1-2-9(11-4-6-13-17-15-11)8-10(3-1)12-5-7-14-18-16-12/h1-8H. The zero-order valence-electron chi connectivity index (χ0n) is 9.30. The lowest BCUT2D eigenvalue weighted by Crippen LogP contribution is -1.91. The van der Waals surface area contributed by atoms with Crippen LogP contribution in [0.4, 0.5) is 0 Å². The monoisotopic (exact) mass is 236 g/mol. The molecule has 18 heavy (non-hydrogen) atoms. The van der Waals surface area contributed by atoms with Crippen molar-refractivity contribution in [1.29, 1.82) is 0 Å². The van der Waals surface area contributed by atoms with Crippen LogP contribution in [0.25, 0.3) is 22.5 Å². The van der Waals surface area contributed by atoms with Crippen molar-refractivity contribution in [3.05, 3.63) is 48.8 Å². The Morgan fingerprint density at radius 1 is 0.667 bits per heavy atom. The molecule has 0 bridgehead atoms. The largest absolute Gasteiger partial charge is 0.139 e. The van der Waals surface area contributed by atoms with Gasteiger partial charge in [0.25, 0.3) is 0 Å². The fourth-order valence-electron chi connectivity index (χ4n) is 1.63. The number of nitrogens with zero attached hydrogens (tertiary/aromatic N) is 6. The van der Waals surface area contributed by atoms with Crippen molar-refractivity contribution in [1.82, 2.24) is 30.8 Å². The molecule has 0 saturated carbocycles. The summed E-state index contributed by atoms with van der Waals surface area (Å²) < 4.78 is 0. The van der Waals surface area contributed by atoms with Gasteiger partial charge in [-0.3, -0.25) is 0 Å². The molecule has 3 aromatic rings. The first kappa shape index (κ1) is 10.4. The zero-order chi connectivity index (χ0) is 12.2. The lowest BCUT2D eigenvalue weighted by Gasteiger charge is -2.02. The molecule has 2 heterocycles. The lowest BCUT2D eigenvalue weighted by atomic mass is 10.1. The van der Waals surface area contributed by atoms with E-state index in [0.29, 0.717) is 0 Å². The Hall–Kier alpha value is -2.76. The second kappa shape index (κ2) is 4.62. The number of rotatable bonds is 2. The average molecular weight is 236 g/mol. The molecule has 0 unspecified atom stereocenters. The van der Waals surface area contributed by atoms with Crippen LogP contribution in [0, 0.1) is 0 Å². The number of hydrogen-bond acceptors (Lipinski definition) is 6. The molecule has 1 aromatic carbocycles. The van der Waals surface area contributed by atoms with E-state index in [1.54, 1.807) is 12.4 Å². The topological polar surface area (TPSA) is 77.3 Å². The number of hydrogen-bond donors (Lipinski definition) is 0. The van der Waals surface area contributed by atoms with Gasteiger partial charge in [-0.25, -0.2) is 0 Å². The van der Waals surface area contributed by atoms with Gasteiger partial charge >= 0.3 is 0 Å². The molecule has 6 heteroatoms. The van der Waals surface area contributed by atoms with Gasteiger partial charge in [0.2, 0.25) is 0 Å². The van der Waals surface area contributed by atoms with Crippen LogP contribution >= 0.6 is 0 Å². The fraction of sp³-hybridized carbons (Fsp3) is 0. The van der Waals surface area contributed by atoms with Gasteiger partial charge in [-0.1, -0.05) is 18.2 Å². The number of benzene rings is 1. The van der Waals surface area contributed by atoms with Crippen molar-refractivity contribution < 1.29 is 0 Å². The fourth-order valence-corrected chi connectivity index (χ4v) is 1.63. The summed E-state index contributed by atoms with van der Waals surface area (Å²) in [4.78, 5) is 0. The van der Waals surface area contributed by atoms with Gasteiger partial charge in [-0.2, -0.15) is 0 Å². The Kier molecular flexibility index (Phi) is 2.67. The summed E-state index contributed by atoms with van der Waals surface area (Å²) in [5.41, 5.74) is 3.46. The highest BCUT2D eigenvalue weighted by Gasteiger charge is 2.03. The summed E-state index contributed by atoms with van der Waals surface area (Å²) in [6, 6.07) is 11.5. The van der Waals surface area contributed by atoms with Crippen LogP contribution in [0.2, 0.25) is 0 Å². The van der Waals surface area contributed by atoms with Gasteiger partial charge < -0.3 is 0 Å². The third-order valence-corrected chi connectivity index (χ3v) is 2.46. The smallest absolute Gasteiger partial charge is 0.0963 e. The summed E-state index contributed by atoms with van der Waals surface area (Å²) in [5, 5.41) is 22.5. The highest BCUT2D eigenvalue weighted by atomic mass is 15.3. The number of aromatic nitrogens is 6. The van der Waals surface area contributed by atoms with Crippen LogP contribution < -0.4 is 0 Å². The molecule has 0 aliphatic carbocycles. The molecule has 0 saturated heterocycles. The molecule has 0 N–H and O–H groups in total. The molecule has 3 rings (SSSR count). The van der Waals surface area contributed by atoms with Crippen molar-refractivity contribution >= 4 is 0 Å². The van der Waals surface area contributed by atoms with E-state index in [1.807, 2.05) is 36.4 Å². The minimum absolute atomic E-state index is 0.772. The maximum atomic E-state index is 3.97. The van der Waals surface area contributed by atoms with E-state index in [-0.39, 0.29) is 0 Å². The van der Waals surface area contributed by atoms with Crippen LogP contribution in [0.5, 0.6) is 0 Å². The maximum Gasteiger partial charge on any atom is 0.0963 e. The van der Waals surface area contributed by atoms with Gasteiger partial charge in [0.05, 0.1) is 23.8 Å². The van der Waals surface area contributed by atoms with Crippen molar-refractivity contribution in [2.24, 2.45) is 0 Å². The maximum absolute atomic E-state index is 3.97. The molecule has 2 aromatic heterocycles. The van der Waals surface area contributed by atoms with E-state index in [0.717, 1.165) is 22.5 Å². The molecular formula is C12H8N6. The quantitative estimate of drug-likeness (QED) is 0.669. The second-order valence-corrected chi connectivity index (χ2v) is 3.59. The Labute approximate surface area is 103 Å². The third kappa shape index (κ3) is 2.03. The molecule has 0 aliphatic rings. The summed E-state index contributed by atoms with van der Waals surface area (Å²) >= 11 is 0. The normalized spacial score (nSPS) is 10.2. The van der Waals surface area contributed by atoms with Crippen molar-refractivity contribution in [2.75, 3.05) is 0 Å². The molecular weight excluding hydrogens is 228 g/mol. The molecule has 0 atom stereocenters. The van der Waals surface area contributed by atoms with Crippen LogP contribution in [0.1, 0.15) is 0 Å². The molecule has 0 spiro atoms. The van der Waals surface area contributed by atoms with Crippen LogP contribution in [-0.4, -0.2) is 30.8 Å². The predicted molar refractivity (Wildman–Crippen MR) is 64.1 cm³/mol. The second-order valence-electron chi connectivity index (χ2n) is 3.59. The van der Waals surface area contributed by atoms with E-state index < -0.39 is 0 Å². The summed E-state index contributed by atoms with van der Waals surface area (Å²) in [6.45, 7) is 0. The van der Waals surface area contributed by atoms with E-state index in [9.17, 15) is 0 Å². The van der Waals surface area contributed by atoms with Gasteiger partial charge in [0.1, 0.15) is 0 Å². The van der Waals surface area contributed by atoms with Crippen molar-refractivity contribution in [3.8, 4) is 22.5 Å². The van der Waals surface area contributed by atoms with Crippen LogP contribution in [0.15, 0.2) is 48.8 Å². The first-order chi connectivity index (χ1) is 8.93. The van der Waals surface area contributed by atoms with Crippen LogP contribution in [-0.2, 0) is 0 Å². The molecule has 86 valence electrons. The van der Waals surface area contributed by atoms with Crippen molar-refractivity contribution in [3.63, 3.8) is 0 Å². The van der Waals surface area contributed by atoms with E-state index in [1.165, 1.54) is 0 Å². The van der Waals surface area contributed by atoms with E-state index in [2.05, 4.69) is 30.8 Å². The van der Waals surface area contributed by atoms with Crippen LogP contribution in [0.3, 0.4) is 0 Å². The van der Waals surface area contributed by atoms with Gasteiger partial charge in [-0.05, 0) is 28.6 Å². The molecule has 0 radical (unpaired) electrons. The van der Waals surface area contributed by atoms with Gasteiger partial charge in [0, 0.05) is 11.1 Å². The Morgan fingerprint density at radius 2 is 1.22 bits per heavy atom. The molecule has 0 aliphatic heterocycles. The minimum Gasteiger partial charge on any atom is -0.139 e. The predicted octanol–water partition coefficient (Wildman–Crippen LogP) is 1.39. The third-order valence-electron chi connectivity index (χ3n) is 2.46. The zero-order valence-corrected chi connectivity index (χ0v) is 9.30. The Morgan fingerprint density at radius 3 is 1.67 bits per heavy atom. The molecule has 6 nitrogen and oxygen atoms in total. The van der Waals surface area contributed by atoms with Gasteiger partial charge in [0.15, 0.2) is 0 Å².